The molecular weight excluding hydrogens is 156 g/mol. The fraction of sp³-hybridized carbons (Fsp3) is 1.00. The van der Waals surface area contributed by atoms with E-state index in [1.807, 2.05) is 0 Å². The number of unbranched alkanes of at least 4 members (excludes halogenated alkanes) is 4. The van der Waals surface area contributed by atoms with Crippen molar-refractivity contribution in [2.24, 2.45) is 5.92 Å². The van der Waals surface area contributed by atoms with E-state index in [1.165, 1.54) is 38.5 Å². The van der Waals surface area contributed by atoms with Gasteiger partial charge in [0.25, 0.3) is 0 Å². The quantitative estimate of drug-likeness (QED) is 0.403. The summed E-state index contributed by atoms with van der Waals surface area (Å²) >= 11 is 5.69. The van der Waals surface area contributed by atoms with Gasteiger partial charge >= 0.3 is 0 Å². The molecule has 0 saturated heterocycles. The number of rotatable bonds is 7. The molecule has 0 aromatic rings. The third-order valence-corrected chi connectivity index (χ3v) is 2.59. The van der Waals surface area contributed by atoms with E-state index in [0.29, 0.717) is 0 Å². The smallest absolute Gasteiger partial charge is 0.0249 e. The average Bonchev–Trinajstić information content (AvgIpc) is 2.04. The van der Waals surface area contributed by atoms with Gasteiger partial charge < -0.3 is 0 Å². The summed E-state index contributed by atoms with van der Waals surface area (Å²) in [7, 11) is 0. The van der Waals surface area contributed by atoms with Crippen LogP contribution < -0.4 is 0 Å². The van der Waals surface area contributed by atoms with Crippen LogP contribution in [0.1, 0.15) is 52.4 Å². The maximum Gasteiger partial charge on any atom is 0.0249 e. The standard InChI is InChI=1S/C10H21Cl/c1-3-4-5-6-7-8-10(2)9-11/h10H,3-9H2,1-2H3. The predicted octanol–water partition coefficient (Wildman–Crippen LogP) is 4.22. The molecule has 0 nitrogen and oxygen atoms in total. The van der Waals surface area contributed by atoms with Gasteiger partial charge in [-0.2, -0.15) is 0 Å². The minimum Gasteiger partial charge on any atom is -0.126 e. The van der Waals surface area contributed by atoms with Crippen molar-refractivity contribution in [3.05, 3.63) is 0 Å². The summed E-state index contributed by atoms with van der Waals surface area (Å²) < 4.78 is 0. The molecule has 0 amide bonds. The van der Waals surface area contributed by atoms with Crippen LogP contribution in [-0.2, 0) is 0 Å². The van der Waals surface area contributed by atoms with Crippen molar-refractivity contribution in [2.45, 2.75) is 52.4 Å². The molecule has 0 aliphatic heterocycles. The zero-order valence-electron chi connectivity index (χ0n) is 7.91. The Morgan fingerprint density at radius 1 is 1.09 bits per heavy atom. The number of hydrogen-bond donors (Lipinski definition) is 0. The van der Waals surface area contributed by atoms with E-state index in [0.717, 1.165) is 11.8 Å². The molecule has 0 fully saturated rings. The third-order valence-electron chi connectivity index (χ3n) is 2.06. The van der Waals surface area contributed by atoms with Crippen LogP contribution in [0.5, 0.6) is 0 Å². The van der Waals surface area contributed by atoms with Crippen molar-refractivity contribution in [3.63, 3.8) is 0 Å². The molecular formula is C10H21Cl. The monoisotopic (exact) mass is 176 g/mol. The molecule has 0 aromatic heterocycles. The molecule has 0 saturated carbocycles. The van der Waals surface area contributed by atoms with Crippen molar-refractivity contribution in [2.75, 3.05) is 5.88 Å². The Labute approximate surface area is 76.3 Å². The van der Waals surface area contributed by atoms with Gasteiger partial charge in [-0.25, -0.2) is 0 Å². The summed E-state index contributed by atoms with van der Waals surface area (Å²) in [5.74, 6) is 1.55. The maximum atomic E-state index is 5.69. The fourth-order valence-electron chi connectivity index (χ4n) is 1.17. The molecule has 0 spiro atoms. The van der Waals surface area contributed by atoms with Crippen LogP contribution in [0.3, 0.4) is 0 Å². The van der Waals surface area contributed by atoms with Crippen LogP contribution in [0.4, 0.5) is 0 Å². The SMILES string of the molecule is CCCCCCCC(C)CCl. The van der Waals surface area contributed by atoms with E-state index in [4.69, 9.17) is 11.6 Å². The molecule has 0 rings (SSSR count). The van der Waals surface area contributed by atoms with E-state index < -0.39 is 0 Å². The van der Waals surface area contributed by atoms with E-state index in [1.54, 1.807) is 0 Å². The molecule has 68 valence electrons. The second-order valence-corrected chi connectivity index (χ2v) is 3.77. The molecule has 0 aliphatic carbocycles. The first kappa shape index (κ1) is 11.3. The Kier molecular flexibility index (Phi) is 8.61. The summed E-state index contributed by atoms with van der Waals surface area (Å²) in [6.45, 7) is 4.48. The second-order valence-electron chi connectivity index (χ2n) is 3.46. The van der Waals surface area contributed by atoms with Crippen LogP contribution in [0.2, 0.25) is 0 Å². The lowest BCUT2D eigenvalue weighted by atomic mass is 10.0. The Balaban J connectivity index is 2.89. The third kappa shape index (κ3) is 8.19. The minimum atomic E-state index is 0.721. The Bertz CT molecular complexity index is 71.3. The van der Waals surface area contributed by atoms with Crippen LogP contribution in [-0.4, -0.2) is 5.88 Å². The summed E-state index contributed by atoms with van der Waals surface area (Å²) in [5.41, 5.74) is 0. The summed E-state index contributed by atoms with van der Waals surface area (Å²) in [6, 6.07) is 0. The van der Waals surface area contributed by atoms with Gasteiger partial charge in [-0.3, -0.25) is 0 Å². The average molecular weight is 177 g/mol. The first-order chi connectivity index (χ1) is 5.31. The van der Waals surface area contributed by atoms with E-state index >= 15 is 0 Å². The number of hydrogen-bond acceptors (Lipinski definition) is 0. The Morgan fingerprint density at radius 3 is 2.27 bits per heavy atom. The van der Waals surface area contributed by atoms with Crippen LogP contribution in [0.15, 0.2) is 0 Å². The maximum absolute atomic E-state index is 5.69. The molecule has 0 bridgehead atoms. The highest BCUT2D eigenvalue weighted by Crippen LogP contribution is 2.11. The lowest BCUT2D eigenvalue weighted by Gasteiger charge is -2.05. The lowest BCUT2D eigenvalue weighted by molar-refractivity contribution is 0.522. The van der Waals surface area contributed by atoms with Crippen molar-refractivity contribution in [1.29, 1.82) is 0 Å². The van der Waals surface area contributed by atoms with E-state index in [2.05, 4.69) is 13.8 Å². The van der Waals surface area contributed by atoms with Gasteiger partial charge in [-0.05, 0) is 12.3 Å². The highest BCUT2D eigenvalue weighted by Gasteiger charge is 1.98. The van der Waals surface area contributed by atoms with Crippen molar-refractivity contribution < 1.29 is 0 Å². The molecule has 1 unspecified atom stereocenters. The first-order valence-electron chi connectivity index (χ1n) is 4.87. The van der Waals surface area contributed by atoms with Gasteiger partial charge in [0, 0.05) is 5.88 Å². The number of alkyl halides is 1. The molecule has 0 radical (unpaired) electrons. The molecule has 0 aliphatic rings. The van der Waals surface area contributed by atoms with Crippen LogP contribution in [0.25, 0.3) is 0 Å². The zero-order valence-corrected chi connectivity index (χ0v) is 8.66. The van der Waals surface area contributed by atoms with Crippen LogP contribution in [0, 0.1) is 5.92 Å². The molecule has 1 atom stereocenters. The fourth-order valence-corrected chi connectivity index (χ4v) is 1.33. The Hall–Kier alpha value is 0.290. The summed E-state index contributed by atoms with van der Waals surface area (Å²) in [4.78, 5) is 0. The van der Waals surface area contributed by atoms with E-state index in [-0.39, 0.29) is 0 Å². The number of halogens is 1. The second kappa shape index (κ2) is 8.39. The normalized spacial score (nSPS) is 13.4. The van der Waals surface area contributed by atoms with Crippen molar-refractivity contribution >= 4 is 11.6 Å². The largest absolute Gasteiger partial charge is 0.126 e. The summed E-state index contributed by atoms with van der Waals surface area (Å²) in [6.07, 6.45) is 8.22. The Morgan fingerprint density at radius 2 is 1.73 bits per heavy atom. The highest BCUT2D eigenvalue weighted by atomic mass is 35.5. The van der Waals surface area contributed by atoms with E-state index in [9.17, 15) is 0 Å². The molecule has 1 heteroatoms. The van der Waals surface area contributed by atoms with Gasteiger partial charge in [-0.1, -0.05) is 46.0 Å². The predicted molar refractivity (Wildman–Crippen MR) is 53.3 cm³/mol. The molecule has 11 heavy (non-hydrogen) atoms. The highest BCUT2D eigenvalue weighted by molar-refractivity contribution is 6.18. The molecule has 0 N–H and O–H groups in total. The van der Waals surface area contributed by atoms with Gasteiger partial charge in [0.15, 0.2) is 0 Å². The molecule has 0 aromatic carbocycles. The van der Waals surface area contributed by atoms with Gasteiger partial charge in [0.05, 0.1) is 0 Å². The van der Waals surface area contributed by atoms with Gasteiger partial charge in [0.1, 0.15) is 0 Å². The van der Waals surface area contributed by atoms with Crippen LogP contribution >= 0.6 is 11.6 Å². The van der Waals surface area contributed by atoms with Gasteiger partial charge in [0.2, 0.25) is 0 Å². The summed E-state index contributed by atoms with van der Waals surface area (Å²) in [5, 5.41) is 0. The topological polar surface area (TPSA) is 0 Å². The zero-order chi connectivity index (χ0) is 8.53. The van der Waals surface area contributed by atoms with Gasteiger partial charge in [-0.15, -0.1) is 11.6 Å². The lowest BCUT2D eigenvalue weighted by Crippen LogP contribution is -1.95. The van der Waals surface area contributed by atoms with Crippen molar-refractivity contribution in [1.82, 2.24) is 0 Å². The first-order valence-corrected chi connectivity index (χ1v) is 5.40. The molecule has 0 heterocycles. The van der Waals surface area contributed by atoms with Crippen molar-refractivity contribution in [3.8, 4) is 0 Å². The minimum absolute atomic E-state index is 0.721.